The Bertz CT molecular complexity index is 862. The zero-order chi connectivity index (χ0) is 20.4. The average molecular weight is 419 g/mol. The van der Waals surface area contributed by atoms with Gasteiger partial charge in [0.25, 0.3) is 0 Å². The van der Waals surface area contributed by atoms with Gasteiger partial charge in [0.15, 0.2) is 0 Å². The number of carbonyl (C=O) groups is 2. The molecule has 1 aliphatic heterocycles. The number of amides is 2. The summed E-state index contributed by atoms with van der Waals surface area (Å²) in [5.41, 5.74) is 3.51. The first kappa shape index (κ1) is 20.9. The summed E-state index contributed by atoms with van der Waals surface area (Å²) in [5, 5.41) is 1.45. The van der Waals surface area contributed by atoms with Crippen LogP contribution < -0.4 is 0 Å². The lowest BCUT2D eigenvalue weighted by atomic mass is 9.90. The third-order valence-corrected chi connectivity index (χ3v) is 6.50. The fourth-order valence-electron chi connectivity index (χ4n) is 3.79. The van der Waals surface area contributed by atoms with E-state index < -0.39 is 5.38 Å². The van der Waals surface area contributed by atoms with Gasteiger partial charge in [0.05, 0.1) is 6.04 Å². The number of carbonyl (C=O) groups excluding carboxylic acids is 2. The van der Waals surface area contributed by atoms with Gasteiger partial charge >= 0.3 is 0 Å². The molecule has 0 saturated carbocycles. The van der Waals surface area contributed by atoms with E-state index in [9.17, 15) is 9.59 Å². The minimum absolute atomic E-state index is 0.0375. The number of benzene rings is 1. The zero-order valence-electron chi connectivity index (χ0n) is 16.8. The molecule has 1 aromatic heterocycles. The number of rotatable bonds is 5. The molecule has 1 aromatic carbocycles. The van der Waals surface area contributed by atoms with Gasteiger partial charge in [-0.05, 0) is 62.3 Å². The molecule has 2 heterocycles. The maximum Gasteiger partial charge on any atom is 0.243 e. The van der Waals surface area contributed by atoms with E-state index in [0.717, 1.165) is 17.5 Å². The number of aryl methyl sites for hydroxylation is 1. The molecule has 4 nitrogen and oxygen atoms in total. The van der Waals surface area contributed by atoms with Gasteiger partial charge < -0.3 is 9.80 Å². The van der Waals surface area contributed by atoms with Crippen molar-refractivity contribution in [2.45, 2.75) is 51.6 Å². The molecular formula is C22H27ClN2O2S. The minimum atomic E-state index is -0.646. The van der Waals surface area contributed by atoms with Crippen LogP contribution in [0.3, 0.4) is 0 Å². The molecule has 3 rings (SSSR count). The Kier molecular flexibility index (Phi) is 6.46. The lowest BCUT2D eigenvalue weighted by molar-refractivity contribution is -0.142. The van der Waals surface area contributed by atoms with E-state index in [1.807, 2.05) is 30.9 Å². The van der Waals surface area contributed by atoms with Gasteiger partial charge in [-0.15, -0.1) is 22.9 Å². The number of hydrogen-bond donors (Lipinski definition) is 0. The standard InChI is InChI=1S/C22H27ClN2O2S/c1-14(2)25(22(27)16(4)23)13-20(26)24-11-9-19-18(10-12-28-19)21(24)17-8-6-5-7-15(17)3/h5-8,10,12,14,16,21H,9,11,13H2,1-4H3/t16-,21-/m1/s1. The molecule has 28 heavy (non-hydrogen) atoms. The van der Waals surface area contributed by atoms with Gasteiger partial charge in [0, 0.05) is 17.5 Å². The molecule has 2 amide bonds. The summed E-state index contributed by atoms with van der Waals surface area (Å²) < 4.78 is 0. The Balaban J connectivity index is 1.94. The highest BCUT2D eigenvalue weighted by Crippen LogP contribution is 2.39. The third-order valence-electron chi connectivity index (χ3n) is 5.32. The lowest BCUT2D eigenvalue weighted by Gasteiger charge is -2.39. The van der Waals surface area contributed by atoms with Crippen LogP contribution >= 0.6 is 22.9 Å². The predicted octanol–water partition coefficient (Wildman–Crippen LogP) is 4.39. The molecule has 2 aromatic rings. The van der Waals surface area contributed by atoms with E-state index in [4.69, 9.17) is 11.6 Å². The Morgan fingerprint density at radius 1 is 1.21 bits per heavy atom. The van der Waals surface area contributed by atoms with E-state index in [-0.39, 0.29) is 30.4 Å². The topological polar surface area (TPSA) is 40.6 Å². The molecule has 0 fully saturated rings. The fourth-order valence-corrected chi connectivity index (χ4v) is 4.82. The summed E-state index contributed by atoms with van der Waals surface area (Å²) in [6, 6.07) is 10.1. The lowest BCUT2D eigenvalue weighted by Crippen LogP contribution is -2.50. The highest BCUT2D eigenvalue weighted by molar-refractivity contribution is 7.10. The molecule has 0 bridgehead atoms. The monoisotopic (exact) mass is 418 g/mol. The van der Waals surface area contributed by atoms with E-state index in [1.54, 1.807) is 23.2 Å². The SMILES string of the molecule is Cc1ccccc1[C@@H]1c2ccsc2CCN1C(=O)CN(C(=O)[C@@H](C)Cl)C(C)C. The van der Waals surface area contributed by atoms with Crippen LogP contribution in [-0.2, 0) is 16.0 Å². The number of fused-ring (bicyclic) bond motifs is 1. The molecule has 0 unspecified atom stereocenters. The second-order valence-electron chi connectivity index (χ2n) is 7.57. The number of hydrogen-bond acceptors (Lipinski definition) is 3. The van der Waals surface area contributed by atoms with E-state index in [0.29, 0.717) is 6.54 Å². The van der Waals surface area contributed by atoms with Crippen molar-refractivity contribution in [2.24, 2.45) is 0 Å². The quantitative estimate of drug-likeness (QED) is 0.675. The van der Waals surface area contributed by atoms with Crippen LogP contribution in [0.5, 0.6) is 0 Å². The molecule has 0 radical (unpaired) electrons. The van der Waals surface area contributed by atoms with E-state index in [1.165, 1.54) is 10.4 Å². The minimum Gasteiger partial charge on any atom is -0.330 e. The van der Waals surface area contributed by atoms with Gasteiger partial charge in [-0.3, -0.25) is 9.59 Å². The van der Waals surface area contributed by atoms with Gasteiger partial charge in [-0.1, -0.05) is 24.3 Å². The van der Waals surface area contributed by atoms with Gasteiger partial charge in [0.2, 0.25) is 11.8 Å². The molecule has 0 aliphatic carbocycles. The fraction of sp³-hybridized carbons (Fsp3) is 0.455. The van der Waals surface area contributed by atoms with Crippen LogP contribution in [0, 0.1) is 6.92 Å². The van der Waals surface area contributed by atoms with Gasteiger partial charge in [-0.25, -0.2) is 0 Å². The van der Waals surface area contributed by atoms with E-state index >= 15 is 0 Å². The van der Waals surface area contributed by atoms with Crippen LogP contribution in [-0.4, -0.2) is 46.1 Å². The second kappa shape index (κ2) is 8.66. The molecule has 6 heteroatoms. The molecule has 150 valence electrons. The highest BCUT2D eigenvalue weighted by Gasteiger charge is 2.35. The molecule has 0 saturated heterocycles. The van der Waals surface area contributed by atoms with Crippen molar-refractivity contribution in [1.29, 1.82) is 0 Å². The summed E-state index contributed by atoms with van der Waals surface area (Å²) in [6.07, 6.45) is 0.850. The maximum absolute atomic E-state index is 13.4. The second-order valence-corrected chi connectivity index (χ2v) is 9.23. The number of nitrogens with zero attached hydrogens (tertiary/aromatic N) is 2. The van der Waals surface area contributed by atoms with Crippen LogP contribution in [0.2, 0.25) is 0 Å². The molecular weight excluding hydrogens is 392 g/mol. The molecule has 2 atom stereocenters. The van der Waals surface area contributed by atoms with Crippen molar-refractivity contribution in [2.75, 3.05) is 13.1 Å². The molecule has 0 N–H and O–H groups in total. The van der Waals surface area contributed by atoms with Crippen molar-refractivity contribution < 1.29 is 9.59 Å². The summed E-state index contributed by atoms with van der Waals surface area (Å²) in [6.45, 7) is 8.26. The normalized spacial score (nSPS) is 17.4. The summed E-state index contributed by atoms with van der Waals surface area (Å²) in [7, 11) is 0. The average Bonchev–Trinajstić information content (AvgIpc) is 3.13. The third kappa shape index (κ3) is 4.11. The molecule has 0 spiro atoms. The van der Waals surface area contributed by atoms with Crippen LogP contribution in [0.1, 0.15) is 48.4 Å². The van der Waals surface area contributed by atoms with Crippen LogP contribution in [0.25, 0.3) is 0 Å². The first-order valence-corrected chi connectivity index (χ1v) is 11.0. The summed E-state index contributed by atoms with van der Waals surface area (Å²) >= 11 is 7.77. The summed E-state index contributed by atoms with van der Waals surface area (Å²) in [5.74, 6) is -0.241. The Labute approximate surface area is 176 Å². The Morgan fingerprint density at radius 3 is 2.57 bits per heavy atom. The van der Waals surface area contributed by atoms with Crippen molar-refractivity contribution in [3.8, 4) is 0 Å². The number of alkyl halides is 1. The van der Waals surface area contributed by atoms with E-state index in [2.05, 4.69) is 30.5 Å². The van der Waals surface area contributed by atoms with Gasteiger partial charge in [0.1, 0.15) is 11.9 Å². The smallest absolute Gasteiger partial charge is 0.243 e. The largest absolute Gasteiger partial charge is 0.330 e. The van der Waals surface area contributed by atoms with Crippen molar-refractivity contribution in [3.63, 3.8) is 0 Å². The molecule has 1 aliphatic rings. The first-order valence-electron chi connectivity index (χ1n) is 9.67. The Hall–Kier alpha value is -1.85. The van der Waals surface area contributed by atoms with Crippen LogP contribution in [0.4, 0.5) is 0 Å². The number of halogens is 1. The summed E-state index contributed by atoms with van der Waals surface area (Å²) in [4.78, 5) is 30.7. The first-order chi connectivity index (χ1) is 13.3. The predicted molar refractivity (Wildman–Crippen MR) is 115 cm³/mol. The maximum atomic E-state index is 13.4. The van der Waals surface area contributed by atoms with Crippen LogP contribution in [0.15, 0.2) is 35.7 Å². The number of thiophene rings is 1. The van der Waals surface area contributed by atoms with Crippen molar-refractivity contribution in [1.82, 2.24) is 9.80 Å². The highest BCUT2D eigenvalue weighted by atomic mass is 35.5. The van der Waals surface area contributed by atoms with Crippen molar-refractivity contribution in [3.05, 3.63) is 57.3 Å². The van der Waals surface area contributed by atoms with Gasteiger partial charge in [-0.2, -0.15) is 0 Å². The Morgan fingerprint density at radius 2 is 1.93 bits per heavy atom. The zero-order valence-corrected chi connectivity index (χ0v) is 18.4. The van der Waals surface area contributed by atoms with Crippen molar-refractivity contribution >= 4 is 34.8 Å².